The molecule has 28 heavy (non-hydrogen) atoms. The first-order chi connectivity index (χ1) is 13.6. The molecule has 3 rings (SSSR count). The highest BCUT2D eigenvalue weighted by molar-refractivity contribution is 5.92. The van der Waals surface area contributed by atoms with Crippen molar-refractivity contribution >= 4 is 17.6 Å². The molecule has 6 heteroatoms. The van der Waals surface area contributed by atoms with E-state index in [0.29, 0.717) is 31.7 Å². The minimum absolute atomic E-state index is 0.0289. The normalized spacial score (nSPS) is 14.6. The number of carbonyl (C=O) groups is 2. The number of hydrogen-bond acceptors (Lipinski definition) is 4. The largest absolute Gasteiger partial charge is 0.483 e. The van der Waals surface area contributed by atoms with Crippen molar-refractivity contribution in [3.63, 3.8) is 0 Å². The zero-order valence-electron chi connectivity index (χ0n) is 16.5. The Bertz CT molecular complexity index is 829. The van der Waals surface area contributed by atoms with Crippen LogP contribution in [0.3, 0.4) is 0 Å². The fourth-order valence-electron chi connectivity index (χ4n) is 3.39. The Kier molecular flexibility index (Phi) is 6.63. The first-order valence-corrected chi connectivity index (χ1v) is 9.79. The number of nitrogens with one attached hydrogen (secondary N) is 1. The van der Waals surface area contributed by atoms with Gasteiger partial charge in [-0.2, -0.15) is 0 Å². The monoisotopic (exact) mass is 381 g/mol. The lowest BCUT2D eigenvalue weighted by atomic mass is 9.96. The standard InChI is InChI=1S/C22H27N3O3/c1-3-17-6-4-5-7-19(17)28-15-21(26)25-12-9-18(10-13-25)22(27)24-20-14-16(2)8-11-23-20/h4-8,11,14,18H,3,9-10,12-13,15H2,1-2H3,(H,23,24,27). The zero-order valence-corrected chi connectivity index (χ0v) is 16.5. The SMILES string of the molecule is CCc1ccccc1OCC(=O)N1CCC(C(=O)Nc2cc(C)ccn2)CC1. The van der Waals surface area contributed by atoms with Crippen LogP contribution >= 0.6 is 0 Å². The number of hydrogen-bond donors (Lipinski definition) is 1. The van der Waals surface area contributed by atoms with E-state index in [9.17, 15) is 9.59 Å². The molecule has 1 N–H and O–H groups in total. The number of ether oxygens (including phenoxy) is 1. The lowest BCUT2D eigenvalue weighted by Crippen LogP contribution is -2.43. The summed E-state index contributed by atoms with van der Waals surface area (Å²) in [4.78, 5) is 30.9. The van der Waals surface area contributed by atoms with E-state index in [0.717, 1.165) is 23.3 Å². The Morgan fingerprint density at radius 1 is 1.21 bits per heavy atom. The number of piperidine rings is 1. The van der Waals surface area contributed by atoms with E-state index in [1.54, 1.807) is 11.1 Å². The predicted octanol–water partition coefficient (Wildman–Crippen LogP) is 3.21. The fraction of sp³-hybridized carbons (Fsp3) is 0.409. The van der Waals surface area contributed by atoms with E-state index in [1.807, 2.05) is 43.3 Å². The second kappa shape index (κ2) is 9.35. The van der Waals surface area contributed by atoms with Crippen LogP contribution in [0.1, 0.15) is 30.9 Å². The van der Waals surface area contributed by atoms with Gasteiger partial charge in [0.2, 0.25) is 5.91 Å². The van der Waals surface area contributed by atoms with E-state index >= 15 is 0 Å². The Morgan fingerprint density at radius 2 is 1.96 bits per heavy atom. The Morgan fingerprint density at radius 3 is 2.68 bits per heavy atom. The summed E-state index contributed by atoms with van der Waals surface area (Å²) >= 11 is 0. The van der Waals surface area contributed by atoms with E-state index in [4.69, 9.17) is 4.74 Å². The van der Waals surface area contributed by atoms with Crippen molar-refractivity contribution in [1.82, 2.24) is 9.88 Å². The van der Waals surface area contributed by atoms with Gasteiger partial charge in [0.25, 0.3) is 5.91 Å². The first-order valence-electron chi connectivity index (χ1n) is 9.79. The molecule has 0 bridgehead atoms. The molecule has 1 fully saturated rings. The average Bonchev–Trinajstić information content (AvgIpc) is 2.72. The molecule has 1 saturated heterocycles. The number of pyridine rings is 1. The molecule has 1 aliphatic rings. The molecule has 0 unspecified atom stereocenters. The van der Waals surface area contributed by atoms with Gasteiger partial charge in [0.05, 0.1) is 0 Å². The molecule has 2 amide bonds. The molecule has 6 nitrogen and oxygen atoms in total. The van der Waals surface area contributed by atoms with Crippen LogP contribution in [-0.4, -0.2) is 41.4 Å². The van der Waals surface area contributed by atoms with Crippen molar-refractivity contribution in [3.05, 3.63) is 53.7 Å². The summed E-state index contributed by atoms with van der Waals surface area (Å²) < 4.78 is 5.73. The van der Waals surface area contributed by atoms with Crippen molar-refractivity contribution in [2.75, 3.05) is 25.0 Å². The lowest BCUT2D eigenvalue weighted by molar-refractivity contribution is -0.136. The van der Waals surface area contributed by atoms with Crippen LogP contribution < -0.4 is 10.1 Å². The summed E-state index contributed by atoms with van der Waals surface area (Å²) in [6, 6.07) is 11.5. The van der Waals surface area contributed by atoms with Crippen molar-refractivity contribution in [3.8, 4) is 5.75 Å². The highest BCUT2D eigenvalue weighted by Gasteiger charge is 2.27. The van der Waals surface area contributed by atoms with Crippen LogP contribution in [0.4, 0.5) is 5.82 Å². The summed E-state index contributed by atoms with van der Waals surface area (Å²) in [5.74, 6) is 1.17. The van der Waals surface area contributed by atoms with Gasteiger partial charge in [-0.1, -0.05) is 25.1 Å². The van der Waals surface area contributed by atoms with Gasteiger partial charge in [0, 0.05) is 25.2 Å². The number of para-hydroxylation sites is 1. The number of benzene rings is 1. The maximum atomic E-state index is 12.5. The lowest BCUT2D eigenvalue weighted by Gasteiger charge is -2.31. The van der Waals surface area contributed by atoms with Crippen LogP contribution in [0.15, 0.2) is 42.6 Å². The predicted molar refractivity (Wildman–Crippen MR) is 108 cm³/mol. The fourth-order valence-corrected chi connectivity index (χ4v) is 3.39. The van der Waals surface area contributed by atoms with Crippen LogP contribution in [0.25, 0.3) is 0 Å². The Hall–Kier alpha value is -2.89. The summed E-state index contributed by atoms with van der Waals surface area (Å²) in [6.45, 7) is 5.18. The van der Waals surface area contributed by atoms with Crippen LogP contribution in [0, 0.1) is 12.8 Å². The molecule has 0 spiro atoms. The van der Waals surface area contributed by atoms with E-state index in [-0.39, 0.29) is 24.3 Å². The summed E-state index contributed by atoms with van der Waals surface area (Å²) in [6.07, 6.45) is 3.84. The number of carbonyl (C=O) groups excluding carboxylic acids is 2. The molecule has 0 radical (unpaired) electrons. The summed E-state index contributed by atoms with van der Waals surface area (Å²) in [5.41, 5.74) is 2.14. The number of amides is 2. The smallest absolute Gasteiger partial charge is 0.260 e. The third-order valence-electron chi connectivity index (χ3n) is 5.09. The van der Waals surface area contributed by atoms with Gasteiger partial charge < -0.3 is 15.0 Å². The first kappa shape index (κ1) is 19.9. The Labute approximate surface area is 165 Å². The maximum absolute atomic E-state index is 12.5. The second-order valence-corrected chi connectivity index (χ2v) is 7.11. The van der Waals surface area contributed by atoms with Crippen molar-refractivity contribution in [2.24, 2.45) is 5.92 Å². The molecule has 0 saturated carbocycles. The van der Waals surface area contributed by atoms with Gasteiger partial charge >= 0.3 is 0 Å². The van der Waals surface area contributed by atoms with E-state index < -0.39 is 0 Å². The molecular formula is C22H27N3O3. The third-order valence-corrected chi connectivity index (χ3v) is 5.09. The topological polar surface area (TPSA) is 71.5 Å². The van der Waals surface area contributed by atoms with Gasteiger partial charge in [-0.3, -0.25) is 9.59 Å². The Balaban J connectivity index is 1.46. The van der Waals surface area contributed by atoms with E-state index in [2.05, 4.69) is 17.2 Å². The van der Waals surface area contributed by atoms with Crippen LogP contribution in [0.2, 0.25) is 0 Å². The van der Waals surface area contributed by atoms with Gasteiger partial charge in [0.15, 0.2) is 6.61 Å². The van der Waals surface area contributed by atoms with Crippen molar-refractivity contribution in [1.29, 1.82) is 0 Å². The molecule has 1 aromatic heterocycles. The van der Waals surface area contributed by atoms with E-state index in [1.165, 1.54) is 0 Å². The van der Waals surface area contributed by atoms with Gasteiger partial charge in [-0.25, -0.2) is 4.98 Å². The van der Waals surface area contributed by atoms with Crippen molar-refractivity contribution < 1.29 is 14.3 Å². The summed E-state index contributed by atoms with van der Waals surface area (Å²) in [5, 5.41) is 2.88. The number of aromatic nitrogens is 1. The number of nitrogens with zero attached hydrogens (tertiary/aromatic N) is 2. The summed E-state index contributed by atoms with van der Waals surface area (Å²) in [7, 11) is 0. The minimum atomic E-state index is -0.104. The van der Waals surface area contributed by atoms with Gasteiger partial charge in [-0.05, 0) is 55.5 Å². The molecule has 1 aromatic carbocycles. The molecule has 2 aromatic rings. The zero-order chi connectivity index (χ0) is 19.9. The molecule has 0 atom stereocenters. The highest BCUT2D eigenvalue weighted by atomic mass is 16.5. The van der Waals surface area contributed by atoms with Gasteiger partial charge in [-0.15, -0.1) is 0 Å². The number of rotatable bonds is 6. The van der Waals surface area contributed by atoms with Crippen LogP contribution in [0.5, 0.6) is 5.75 Å². The van der Waals surface area contributed by atoms with Crippen molar-refractivity contribution in [2.45, 2.75) is 33.1 Å². The number of likely N-dealkylation sites (tertiary alicyclic amines) is 1. The molecule has 1 aliphatic heterocycles. The maximum Gasteiger partial charge on any atom is 0.260 e. The molecule has 2 heterocycles. The molecular weight excluding hydrogens is 354 g/mol. The average molecular weight is 381 g/mol. The number of aryl methyl sites for hydroxylation is 2. The third kappa shape index (κ3) is 5.09. The van der Waals surface area contributed by atoms with Gasteiger partial charge in [0.1, 0.15) is 11.6 Å². The number of anilines is 1. The second-order valence-electron chi connectivity index (χ2n) is 7.11. The van der Waals surface area contributed by atoms with Crippen LogP contribution in [-0.2, 0) is 16.0 Å². The quantitative estimate of drug-likeness (QED) is 0.834. The minimum Gasteiger partial charge on any atom is -0.483 e. The highest BCUT2D eigenvalue weighted by Crippen LogP contribution is 2.21. The molecule has 0 aliphatic carbocycles. The molecule has 148 valence electrons.